The van der Waals surface area contributed by atoms with Gasteiger partial charge in [-0.2, -0.15) is 8.42 Å². The maximum Gasteiger partial charge on any atom is 0.286 e. The van der Waals surface area contributed by atoms with Crippen LogP contribution >= 0.6 is 11.6 Å². The van der Waals surface area contributed by atoms with Crippen molar-refractivity contribution in [3.8, 4) is 0 Å². The summed E-state index contributed by atoms with van der Waals surface area (Å²) >= 11 is 5.89. The SMILES string of the molecule is CNN1C(c2cccnc2)=NS(=O)(=O)c2cc(Cl)ccc21. The van der Waals surface area contributed by atoms with E-state index in [0.717, 1.165) is 0 Å². The molecule has 0 radical (unpaired) electrons. The maximum absolute atomic E-state index is 12.3. The predicted molar refractivity (Wildman–Crippen MR) is 81.0 cm³/mol. The van der Waals surface area contributed by atoms with Crippen LogP contribution in [0.2, 0.25) is 5.02 Å². The van der Waals surface area contributed by atoms with Gasteiger partial charge in [-0.1, -0.05) is 11.6 Å². The molecule has 2 aromatic rings. The lowest BCUT2D eigenvalue weighted by molar-refractivity contribution is 0.596. The van der Waals surface area contributed by atoms with Crippen LogP contribution in [0.5, 0.6) is 0 Å². The van der Waals surface area contributed by atoms with E-state index in [1.807, 2.05) is 0 Å². The van der Waals surface area contributed by atoms with Crippen LogP contribution in [0, 0.1) is 0 Å². The van der Waals surface area contributed by atoms with E-state index in [4.69, 9.17) is 11.6 Å². The van der Waals surface area contributed by atoms with Gasteiger partial charge < -0.3 is 0 Å². The number of pyridine rings is 1. The van der Waals surface area contributed by atoms with Gasteiger partial charge in [0.2, 0.25) is 0 Å². The predicted octanol–water partition coefficient (Wildman–Crippen LogP) is 1.82. The molecule has 0 spiro atoms. The van der Waals surface area contributed by atoms with Gasteiger partial charge in [-0.15, -0.1) is 4.40 Å². The summed E-state index contributed by atoms with van der Waals surface area (Å²) in [7, 11) is -2.13. The lowest BCUT2D eigenvalue weighted by Gasteiger charge is -2.29. The van der Waals surface area contributed by atoms with Crippen LogP contribution in [-0.4, -0.2) is 26.3 Å². The molecule has 0 atom stereocenters. The van der Waals surface area contributed by atoms with Crippen LogP contribution < -0.4 is 10.4 Å². The molecular formula is C13H11ClN4O2S. The van der Waals surface area contributed by atoms with Gasteiger partial charge >= 0.3 is 0 Å². The summed E-state index contributed by atoms with van der Waals surface area (Å²) in [6, 6.07) is 8.12. The zero-order valence-electron chi connectivity index (χ0n) is 11.0. The molecule has 1 aliphatic rings. The van der Waals surface area contributed by atoms with Crippen molar-refractivity contribution in [1.29, 1.82) is 0 Å². The van der Waals surface area contributed by atoms with E-state index in [0.29, 0.717) is 16.3 Å². The first-order valence-electron chi connectivity index (χ1n) is 6.05. The summed E-state index contributed by atoms with van der Waals surface area (Å²) < 4.78 is 28.6. The molecule has 108 valence electrons. The van der Waals surface area contributed by atoms with Crippen LogP contribution in [0.4, 0.5) is 5.69 Å². The largest absolute Gasteiger partial charge is 0.286 e. The number of anilines is 1. The summed E-state index contributed by atoms with van der Waals surface area (Å²) in [6.07, 6.45) is 3.17. The molecule has 0 unspecified atom stereocenters. The Morgan fingerprint density at radius 3 is 2.76 bits per heavy atom. The topological polar surface area (TPSA) is 74.7 Å². The van der Waals surface area contributed by atoms with E-state index in [1.165, 1.54) is 6.07 Å². The third-order valence-electron chi connectivity index (χ3n) is 3.00. The number of hydrazine groups is 1. The Labute approximate surface area is 127 Å². The van der Waals surface area contributed by atoms with Crippen molar-refractivity contribution < 1.29 is 8.42 Å². The monoisotopic (exact) mass is 322 g/mol. The van der Waals surface area contributed by atoms with Crippen molar-refractivity contribution in [3.05, 3.63) is 53.3 Å². The number of hydrogen-bond acceptors (Lipinski definition) is 5. The summed E-state index contributed by atoms with van der Waals surface area (Å²) in [6.45, 7) is 0. The van der Waals surface area contributed by atoms with Crippen LogP contribution in [0.3, 0.4) is 0 Å². The molecule has 0 amide bonds. The number of halogens is 1. The van der Waals surface area contributed by atoms with Gasteiger partial charge in [-0.25, -0.2) is 5.43 Å². The Morgan fingerprint density at radius 2 is 2.10 bits per heavy atom. The molecule has 2 heterocycles. The van der Waals surface area contributed by atoms with Crippen molar-refractivity contribution in [1.82, 2.24) is 10.4 Å². The fraction of sp³-hybridized carbons (Fsp3) is 0.0769. The number of aromatic nitrogens is 1. The maximum atomic E-state index is 12.3. The second-order valence-corrected chi connectivity index (χ2v) is 6.31. The number of fused-ring (bicyclic) bond motifs is 1. The van der Waals surface area contributed by atoms with Gasteiger partial charge in [-0.05, 0) is 30.3 Å². The average Bonchev–Trinajstić information content (AvgIpc) is 2.48. The minimum absolute atomic E-state index is 0.0667. The number of rotatable bonds is 2. The highest BCUT2D eigenvalue weighted by Gasteiger charge is 2.31. The molecule has 1 N–H and O–H groups in total. The molecule has 21 heavy (non-hydrogen) atoms. The Hall–Kier alpha value is -1.96. The molecular weight excluding hydrogens is 312 g/mol. The number of amidine groups is 1. The van der Waals surface area contributed by atoms with Gasteiger partial charge in [0.1, 0.15) is 4.90 Å². The van der Waals surface area contributed by atoms with Gasteiger partial charge in [0.15, 0.2) is 5.84 Å². The summed E-state index contributed by atoms with van der Waals surface area (Å²) in [5, 5.41) is 1.93. The van der Waals surface area contributed by atoms with Crippen molar-refractivity contribution in [3.63, 3.8) is 0 Å². The van der Waals surface area contributed by atoms with E-state index < -0.39 is 10.0 Å². The lowest BCUT2D eigenvalue weighted by Crippen LogP contribution is -2.44. The highest BCUT2D eigenvalue weighted by molar-refractivity contribution is 7.90. The number of hydrogen-bond donors (Lipinski definition) is 1. The second kappa shape index (κ2) is 5.10. The van der Waals surface area contributed by atoms with Crippen LogP contribution in [0.15, 0.2) is 52.0 Å². The first kappa shape index (κ1) is 14.0. The fourth-order valence-electron chi connectivity index (χ4n) is 2.10. The van der Waals surface area contributed by atoms with Crippen molar-refractivity contribution in [2.75, 3.05) is 12.1 Å². The van der Waals surface area contributed by atoms with Crippen molar-refractivity contribution in [2.24, 2.45) is 4.40 Å². The Bertz CT molecular complexity index is 821. The van der Waals surface area contributed by atoms with Gasteiger partial charge in [-0.3, -0.25) is 9.99 Å². The van der Waals surface area contributed by atoms with Crippen LogP contribution in [-0.2, 0) is 10.0 Å². The zero-order valence-corrected chi connectivity index (χ0v) is 12.6. The van der Waals surface area contributed by atoms with Crippen LogP contribution in [0.1, 0.15) is 5.56 Å². The highest BCUT2D eigenvalue weighted by Crippen LogP contribution is 2.33. The number of benzene rings is 1. The molecule has 3 rings (SSSR count). The molecule has 0 bridgehead atoms. The molecule has 1 aromatic heterocycles. The molecule has 1 aliphatic heterocycles. The van der Waals surface area contributed by atoms with Crippen molar-refractivity contribution in [2.45, 2.75) is 4.90 Å². The van der Waals surface area contributed by atoms with Gasteiger partial charge in [0.25, 0.3) is 10.0 Å². The normalized spacial score (nSPS) is 16.3. The summed E-state index contributed by atoms with van der Waals surface area (Å²) in [4.78, 5) is 4.06. The number of sulfonamides is 1. The van der Waals surface area contributed by atoms with E-state index >= 15 is 0 Å². The zero-order chi connectivity index (χ0) is 15.0. The molecule has 0 fully saturated rings. The first-order valence-corrected chi connectivity index (χ1v) is 7.87. The average molecular weight is 323 g/mol. The molecule has 8 heteroatoms. The summed E-state index contributed by atoms with van der Waals surface area (Å²) in [5.74, 6) is 0.264. The third-order valence-corrected chi connectivity index (χ3v) is 4.53. The number of nitrogens with one attached hydrogen (secondary N) is 1. The van der Waals surface area contributed by atoms with E-state index in [1.54, 1.807) is 48.7 Å². The minimum atomic E-state index is -3.81. The van der Waals surface area contributed by atoms with Gasteiger partial charge in [0, 0.05) is 30.0 Å². The van der Waals surface area contributed by atoms with Gasteiger partial charge in [0.05, 0.1) is 5.69 Å². The number of nitrogens with zero attached hydrogens (tertiary/aromatic N) is 3. The molecule has 0 aliphatic carbocycles. The molecule has 0 saturated heterocycles. The minimum Gasteiger partial charge on any atom is -0.264 e. The van der Waals surface area contributed by atoms with Crippen LogP contribution in [0.25, 0.3) is 0 Å². The van der Waals surface area contributed by atoms with E-state index in [-0.39, 0.29) is 10.7 Å². The lowest BCUT2D eigenvalue weighted by atomic mass is 10.2. The molecule has 6 nitrogen and oxygen atoms in total. The first-order chi connectivity index (χ1) is 10.0. The smallest absolute Gasteiger partial charge is 0.264 e. The Kier molecular flexibility index (Phi) is 3.40. The quantitative estimate of drug-likeness (QED) is 0.913. The Morgan fingerprint density at radius 1 is 1.29 bits per heavy atom. The standard InChI is InChI=1S/C13H11ClN4O2S/c1-15-18-11-5-4-10(14)7-12(11)21(19,20)17-13(18)9-3-2-6-16-8-9/h2-8,15H,1H3. The van der Waals surface area contributed by atoms with E-state index in [9.17, 15) is 8.42 Å². The molecule has 1 aromatic carbocycles. The highest BCUT2D eigenvalue weighted by atomic mass is 35.5. The van der Waals surface area contributed by atoms with E-state index in [2.05, 4.69) is 14.8 Å². The Balaban J connectivity index is 2.25. The summed E-state index contributed by atoms with van der Waals surface area (Å²) in [5.41, 5.74) is 3.99. The fourth-order valence-corrected chi connectivity index (χ4v) is 3.55. The second-order valence-electron chi connectivity index (χ2n) is 4.30. The molecule has 0 saturated carbocycles. The van der Waals surface area contributed by atoms with Crippen molar-refractivity contribution >= 4 is 33.1 Å². The third kappa shape index (κ3) is 2.39.